The number of rotatable bonds is 4. The highest BCUT2D eigenvalue weighted by Crippen LogP contribution is 2.22. The van der Waals surface area contributed by atoms with Crippen LogP contribution in [-0.2, 0) is 9.84 Å². The van der Waals surface area contributed by atoms with E-state index in [9.17, 15) is 12.8 Å². The topological polar surface area (TPSA) is 84.0 Å². The fourth-order valence-corrected chi connectivity index (χ4v) is 4.17. The second-order valence-electron chi connectivity index (χ2n) is 5.26. The number of nitrogens with one attached hydrogen (secondary N) is 2. The summed E-state index contributed by atoms with van der Waals surface area (Å²) in [7, 11) is -2.95. The van der Waals surface area contributed by atoms with Crippen LogP contribution in [0.4, 0.5) is 21.8 Å². The number of halogens is 2. The van der Waals surface area contributed by atoms with Crippen LogP contribution in [0.15, 0.2) is 30.5 Å². The van der Waals surface area contributed by atoms with Gasteiger partial charge in [-0.2, -0.15) is 4.98 Å². The second-order valence-corrected chi connectivity index (χ2v) is 7.90. The monoisotopic (exact) mass is 356 g/mol. The molecule has 1 aromatic heterocycles. The van der Waals surface area contributed by atoms with Crippen LogP contribution in [0.3, 0.4) is 0 Å². The molecule has 2 N–H and O–H groups in total. The van der Waals surface area contributed by atoms with Crippen LogP contribution < -0.4 is 10.6 Å². The Kier molecular flexibility index (Phi) is 4.36. The van der Waals surface area contributed by atoms with Gasteiger partial charge in [0, 0.05) is 17.9 Å². The zero-order chi connectivity index (χ0) is 16.4. The van der Waals surface area contributed by atoms with Crippen molar-refractivity contribution < 1.29 is 12.8 Å². The maximum Gasteiger partial charge on any atom is 0.229 e. The Morgan fingerprint density at radius 1 is 1.30 bits per heavy atom. The summed E-state index contributed by atoms with van der Waals surface area (Å²) in [6.45, 7) is 0. The van der Waals surface area contributed by atoms with Gasteiger partial charge < -0.3 is 10.6 Å². The molecule has 23 heavy (non-hydrogen) atoms. The van der Waals surface area contributed by atoms with E-state index in [1.807, 2.05) is 0 Å². The normalized spacial score (nSPS) is 19.5. The number of aromatic nitrogens is 2. The summed E-state index contributed by atoms with van der Waals surface area (Å²) in [5.41, 5.74) is 0.553. The van der Waals surface area contributed by atoms with E-state index in [1.54, 1.807) is 12.3 Å². The molecule has 0 amide bonds. The molecule has 1 fully saturated rings. The lowest BCUT2D eigenvalue weighted by atomic mass is 10.2. The maximum atomic E-state index is 13.1. The van der Waals surface area contributed by atoms with Crippen molar-refractivity contribution in [3.05, 3.63) is 41.3 Å². The first kappa shape index (κ1) is 15.9. The first-order valence-corrected chi connectivity index (χ1v) is 9.13. The Morgan fingerprint density at radius 2 is 2.13 bits per heavy atom. The van der Waals surface area contributed by atoms with Gasteiger partial charge in [-0.05, 0) is 30.7 Å². The van der Waals surface area contributed by atoms with Crippen LogP contribution in [0.2, 0.25) is 5.02 Å². The molecule has 1 aliphatic heterocycles. The minimum Gasteiger partial charge on any atom is -0.366 e. The number of nitrogens with zero attached hydrogens (tertiary/aromatic N) is 2. The predicted molar refractivity (Wildman–Crippen MR) is 87.4 cm³/mol. The summed E-state index contributed by atoms with van der Waals surface area (Å²) in [4.78, 5) is 8.34. The summed E-state index contributed by atoms with van der Waals surface area (Å²) in [6.07, 6.45) is 2.11. The zero-order valence-electron chi connectivity index (χ0n) is 12.0. The molecule has 0 aliphatic carbocycles. The van der Waals surface area contributed by atoms with E-state index >= 15 is 0 Å². The van der Waals surface area contributed by atoms with Crippen LogP contribution in [0.1, 0.15) is 6.42 Å². The van der Waals surface area contributed by atoms with Gasteiger partial charge in [0.05, 0.1) is 16.5 Å². The van der Waals surface area contributed by atoms with E-state index in [4.69, 9.17) is 11.6 Å². The fraction of sp³-hybridized carbons (Fsp3) is 0.286. The van der Waals surface area contributed by atoms with E-state index in [2.05, 4.69) is 20.6 Å². The molecule has 1 unspecified atom stereocenters. The molecule has 0 spiro atoms. The van der Waals surface area contributed by atoms with Gasteiger partial charge >= 0.3 is 0 Å². The van der Waals surface area contributed by atoms with Crippen LogP contribution in [0, 0.1) is 5.82 Å². The van der Waals surface area contributed by atoms with Crippen LogP contribution in [-0.4, -0.2) is 35.9 Å². The minimum atomic E-state index is -2.95. The van der Waals surface area contributed by atoms with E-state index in [1.165, 1.54) is 18.2 Å². The molecule has 1 aromatic carbocycles. The molecule has 0 saturated carbocycles. The van der Waals surface area contributed by atoms with Crippen molar-refractivity contribution in [1.82, 2.24) is 9.97 Å². The number of anilines is 3. The molecule has 6 nitrogen and oxygen atoms in total. The smallest absolute Gasteiger partial charge is 0.229 e. The average molecular weight is 357 g/mol. The molecule has 1 saturated heterocycles. The molecule has 2 heterocycles. The third kappa shape index (κ3) is 4.08. The van der Waals surface area contributed by atoms with Gasteiger partial charge in [-0.1, -0.05) is 11.6 Å². The summed E-state index contributed by atoms with van der Waals surface area (Å²) >= 11 is 5.73. The van der Waals surface area contributed by atoms with Crippen LogP contribution in [0.5, 0.6) is 0 Å². The van der Waals surface area contributed by atoms with Crippen molar-refractivity contribution in [1.29, 1.82) is 0 Å². The van der Waals surface area contributed by atoms with Crippen molar-refractivity contribution in [3.8, 4) is 0 Å². The minimum absolute atomic E-state index is 0.000409. The third-order valence-electron chi connectivity index (χ3n) is 3.42. The summed E-state index contributed by atoms with van der Waals surface area (Å²) < 4.78 is 36.1. The summed E-state index contributed by atoms with van der Waals surface area (Å²) in [6, 6.07) is 5.71. The van der Waals surface area contributed by atoms with Crippen LogP contribution in [0.25, 0.3) is 0 Å². The first-order valence-electron chi connectivity index (χ1n) is 6.93. The molecule has 0 bridgehead atoms. The second kappa shape index (κ2) is 6.29. The number of hydrogen-bond acceptors (Lipinski definition) is 6. The summed E-state index contributed by atoms with van der Waals surface area (Å²) in [5, 5.41) is 6.01. The van der Waals surface area contributed by atoms with Gasteiger partial charge in [0.2, 0.25) is 5.95 Å². The molecular weight excluding hydrogens is 343 g/mol. The lowest BCUT2D eigenvalue weighted by molar-refractivity contribution is 0.602. The highest BCUT2D eigenvalue weighted by Gasteiger charge is 2.27. The molecule has 1 aliphatic rings. The Balaban J connectivity index is 1.71. The Bertz CT molecular complexity index is 831. The largest absolute Gasteiger partial charge is 0.366 e. The summed E-state index contributed by atoms with van der Waals surface area (Å²) in [5.74, 6) is 0.620. The van der Waals surface area contributed by atoms with E-state index < -0.39 is 15.7 Å². The molecule has 122 valence electrons. The number of sulfone groups is 1. The molecule has 0 radical (unpaired) electrons. The third-order valence-corrected chi connectivity index (χ3v) is 5.47. The van der Waals surface area contributed by atoms with Gasteiger partial charge in [-0.25, -0.2) is 17.8 Å². The van der Waals surface area contributed by atoms with Gasteiger partial charge in [0.15, 0.2) is 9.84 Å². The predicted octanol–water partition coefficient (Wildman–Crippen LogP) is 2.61. The Labute approximate surface area is 138 Å². The number of hydrogen-bond donors (Lipinski definition) is 2. The lowest BCUT2D eigenvalue weighted by Crippen LogP contribution is -2.21. The van der Waals surface area contributed by atoms with Gasteiger partial charge in [-0.3, -0.25) is 0 Å². The van der Waals surface area contributed by atoms with Crippen LogP contribution >= 0.6 is 11.6 Å². The first-order chi connectivity index (χ1) is 10.9. The molecule has 9 heteroatoms. The standard InChI is InChI=1S/C14H14ClFN4O2S/c15-11-7-9(1-2-12(11)16)19-14-17-5-3-13(20-14)18-10-4-6-23(21,22)8-10/h1-3,5,7,10H,4,6,8H2,(H2,17,18,19,20). The maximum absolute atomic E-state index is 13.1. The zero-order valence-corrected chi connectivity index (χ0v) is 13.5. The van der Waals surface area contributed by atoms with Gasteiger partial charge in [0.1, 0.15) is 11.6 Å². The average Bonchev–Trinajstić information content (AvgIpc) is 2.82. The SMILES string of the molecule is O=S1(=O)CCC(Nc2ccnc(Nc3ccc(F)c(Cl)c3)n2)C1. The quantitative estimate of drug-likeness (QED) is 0.876. The molecule has 3 rings (SSSR count). The van der Waals surface area contributed by atoms with Crippen molar-refractivity contribution in [2.24, 2.45) is 0 Å². The van der Waals surface area contributed by atoms with Crippen molar-refractivity contribution in [2.75, 3.05) is 22.1 Å². The van der Waals surface area contributed by atoms with E-state index in [0.717, 1.165) is 0 Å². The molecule has 2 aromatic rings. The van der Waals surface area contributed by atoms with Gasteiger partial charge in [0.25, 0.3) is 0 Å². The van der Waals surface area contributed by atoms with Crippen molar-refractivity contribution in [3.63, 3.8) is 0 Å². The number of benzene rings is 1. The fourth-order valence-electron chi connectivity index (χ4n) is 2.32. The highest BCUT2D eigenvalue weighted by atomic mass is 35.5. The Morgan fingerprint density at radius 3 is 2.83 bits per heavy atom. The van der Waals surface area contributed by atoms with E-state index in [-0.39, 0.29) is 22.6 Å². The van der Waals surface area contributed by atoms with Crippen molar-refractivity contribution >= 4 is 38.9 Å². The van der Waals surface area contributed by atoms with Crippen molar-refractivity contribution in [2.45, 2.75) is 12.5 Å². The lowest BCUT2D eigenvalue weighted by Gasteiger charge is -2.12. The highest BCUT2D eigenvalue weighted by molar-refractivity contribution is 7.91. The molecular formula is C14H14ClFN4O2S. The van der Waals surface area contributed by atoms with Gasteiger partial charge in [-0.15, -0.1) is 0 Å². The Hall–Kier alpha value is -1.93. The van der Waals surface area contributed by atoms with E-state index in [0.29, 0.717) is 23.9 Å². The molecule has 1 atom stereocenters.